The van der Waals surface area contributed by atoms with Crippen LogP contribution in [0, 0.1) is 29.6 Å². The van der Waals surface area contributed by atoms with Gasteiger partial charge in [-0.25, -0.2) is 0 Å². The molecule has 8 unspecified atom stereocenters. The van der Waals surface area contributed by atoms with Crippen LogP contribution < -0.4 is 0 Å². The third kappa shape index (κ3) is 2.39. The molecule has 0 aromatic carbocycles. The minimum absolute atomic E-state index is 0.0410. The molecule has 3 aliphatic carbocycles. The molecule has 0 N–H and O–H groups in total. The molecule has 1 saturated heterocycles. The monoisotopic (exact) mass is 330 g/mol. The smallest absolute Gasteiger partial charge is 0.302 e. The molecule has 3 nitrogen and oxygen atoms in total. The van der Waals surface area contributed by atoms with Gasteiger partial charge in [0.2, 0.25) is 0 Å². The fraction of sp³-hybridized carbons (Fsp3) is 0.762. The number of allylic oxidation sites excluding steroid dienone is 3. The van der Waals surface area contributed by atoms with E-state index in [1.807, 2.05) is 0 Å². The second kappa shape index (κ2) is 5.72. The predicted octanol–water partition coefficient (Wildman–Crippen LogP) is 4.28. The molecule has 1 aliphatic heterocycles. The maximum absolute atomic E-state index is 11.8. The molecule has 1 saturated carbocycles. The first-order valence-electron chi connectivity index (χ1n) is 9.63. The summed E-state index contributed by atoms with van der Waals surface area (Å²) in [6, 6.07) is 0. The number of carbonyl (C=O) groups is 1. The number of epoxide rings is 1. The maximum atomic E-state index is 11.8. The van der Waals surface area contributed by atoms with E-state index in [1.54, 1.807) is 11.1 Å². The zero-order valence-corrected chi connectivity index (χ0v) is 15.4. The summed E-state index contributed by atoms with van der Waals surface area (Å²) in [5.41, 5.74) is 4.69. The molecule has 4 rings (SSSR count). The number of carbonyl (C=O) groups excluding carboxylic acids is 1. The van der Waals surface area contributed by atoms with Crippen molar-refractivity contribution in [1.29, 1.82) is 0 Å². The van der Waals surface area contributed by atoms with Crippen LogP contribution in [0.5, 0.6) is 0 Å². The van der Waals surface area contributed by atoms with Gasteiger partial charge >= 0.3 is 5.97 Å². The van der Waals surface area contributed by atoms with Crippen LogP contribution >= 0.6 is 0 Å². The van der Waals surface area contributed by atoms with E-state index in [-0.39, 0.29) is 30.2 Å². The lowest BCUT2D eigenvalue weighted by molar-refractivity contribution is -0.158. The zero-order chi connectivity index (χ0) is 17.2. The van der Waals surface area contributed by atoms with Crippen LogP contribution in [-0.2, 0) is 14.3 Å². The first kappa shape index (κ1) is 16.4. The number of ether oxygens (including phenoxy) is 2. The Balaban J connectivity index is 1.81. The van der Waals surface area contributed by atoms with Gasteiger partial charge in [0.1, 0.15) is 6.10 Å². The molecule has 3 heteroatoms. The van der Waals surface area contributed by atoms with E-state index >= 15 is 0 Å². The van der Waals surface area contributed by atoms with E-state index in [0.717, 1.165) is 6.42 Å². The molecule has 0 radical (unpaired) electrons. The van der Waals surface area contributed by atoms with Crippen molar-refractivity contribution in [3.8, 4) is 0 Å². The molecule has 0 bridgehead atoms. The Labute approximate surface area is 145 Å². The third-order valence-electron chi connectivity index (χ3n) is 7.12. The Bertz CT molecular complexity index is 604. The van der Waals surface area contributed by atoms with Crippen LogP contribution in [0.15, 0.2) is 23.3 Å². The molecule has 0 aromatic rings. The number of esters is 1. The second-order valence-electron chi connectivity index (χ2n) is 8.52. The molecule has 132 valence electrons. The van der Waals surface area contributed by atoms with Gasteiger partial charge in [-0.05, 0) is 44.4 Å². The van der Waals surface area contributed by atoms with Gasteiger partial charge in [0.05, 0.1) is 12.2 Å². The summed E-state index contributed by atoms with van der Waals surface area (Å²) in [5, 5.41) is 0. The summed E-state index contributed by atoms with van der Waals surface area (Å²) in [5.74, 6) is 2.06. The van der Waals surface area contributed by atoms with Gasteiger partial charge in [0, 0.05) is 24.7 Å². The lowest BCUT2D eigenvalue weighted by Crippen LogP contribution is -2.51. The van der Waals surface area contributed by atoms with Crippen LogP contribution in [0.25, 0.3) is 0 Å². The van der Waals surface area contributed by atoms with Crippen molar-refractivity contribution >= 4 is 5.97 Å². The Kier molecular flexibility index (Phi) is 3.91. The molecule has 8 atom stereocenters. The van der Waals surface area contributed by atoms with Gasteiger partial charge in [0.25, 0.3) is 0 Å². The van der Waals surface area contributed by atoms with E-state index < -0.39 is 0 Å². The van der Waals surface area contributed by atoms with Crippen LogP contribution in [0.4, 0.5) is 0 Å². The summed E-state index contributed by atoms with van der Waals surface area (Å²) >= 11 is 0. The van der Waals surface area contributed by atoms with Crippen molar-refractivity contribution in [3.63, 3.8) is 0 Å². The summed E-state index contributed by atoms with van der Waals surface area (Å²) < 4.78 is 11.8. The van der Waals surface area contributed by atoms with E-state index in [4.69, 9.17) is 9.47 Å². The summed E-state index contributed by atoms with van der Waals surface area (Å²) in [6.45, 7) is 12.8. The maximum Gasteiger partial charge on any atom is 0.302 e. The van der Waals surface area contributed by atoms with Crippen LogP contribution in [-0.4, -0.2) is 24.3 Å². The fourth-order valence-electron chi connectivity index (χ4n) is 5.93. The largest absolute Gasteiger partial charge is 0.462 e. The summed E-state index contributed by atoms with van der Waals surface area (Å²) in [4.78, 5) is 11.8. The van der Waals surface area contributed by atoms with Gasteiger partial charge in [-0.2, -0.15) is 0 Å². The van der Waals surface area contributed by atoms with Gasteiger partial charge in [-0.3, -0.25) is 4.79 Å². The second-order valence-corrected chi connectivity index (χ2v) is 8.52. The predicted molar refractivity (Wildman–Crippen MR) is 93.3 cm³/mol. The fourth-order valence-corrected chi connectivity index (χ4v) is 5.93. The Morgan fingerprint density at radius 3 is 2.54 bits per heavy atom. The molecular formula is C21H30O3. The van der Waals surface area contributed by atoms with E-state index in [2.05, 4.69) is 27.4 Å². The lowest BCUT2D eigenvalue weighted by Gasteiger charge is -2.53. The van der Waals surface area contributed by atoms with Crippen molar-refractivity contribution < 1.29 is 14.3 Å². The van der Waals surface area contributed by atoms with Crippen molar-refractivity contribution in [3.05, 3.63) is 23.3 Å². The Morgan fingerprint density at radius 1 is 1.21 bits per heavy atom. The molecule has 4 aliphatic rings. The van der Waals surface area contributed by atoms with E-state index in [1.165, 1.54) is 31.8 Å². The average Bonchev–Trinajstić information content (AvgIpc) is 3.24. The molecule has 1 heterocycles. The topological polar surface area (TPSA) is 38.8 Å². The van der Waals surface area contributed by atoms with Gasteiger partial charge < -0.3 is 9.47 Å². The number of hydrogen-bond donors (Lipinski definition) is 0. The molecule has 0 spiro atoms. The highest BCUT2D eigenvalue weighted by atomic mass is 16.6. The normalized spacial score (nSPS) is 47.2. The minimum Gasteiger partial charge on any atom is -0.462 e. The van der Waals surface area contributed by atoms with Crippen LogP contribution in [0.3, 0.4) is 0 Å². The van der Waals surface area contributed by atoms with Crippen molar-refractivity contribution in [2.24, 2.45) is 29.6 Å². The standard InChI is InChI=1S/C21H30O3/c1-10-6-9-16-12(3)20(24-14(5)22)19(21-13(4)23-21)17-11(2)7-8-15(10)18(16)17/h10,12-13,16-17,19-21H,2,6-9H2,1,3-5H3. The van der Waals surface area contributed by atoms with Crippen molar-refractivity contribution in [1.82, 2.24) is 0 Å². The summed E-state index contributed by atoms with van der Waals surface area (Å²) in [6.07, 6.45) is 5.19. The zero-order valence-electron chi connectivity index (χ0n) is 15.4. The van der Waals surface area contributed by atoms with E-state index in [9.17, 15) is 4.79 Å². The SMILES string of the molecule is C=C1CCC2=C3C(CCC2C)C(C)C(OC(C)=O)C(C2OC2C)C13. The highest BCUT2D eigenvalue weighted by Gasteiger charge is 2.58. The summed E-state index contributed by atoms with van der Waals surface area (Å²) in [7, 11) is 0. The van der Waals surface area contributed by atoms with Crippen LogP contribution in [0.1, 0.15) is 53.4 Å². The Hall–Kier alpha value is -1.09. The third-order valence-corrected chi connectivity index (χ3v) is 7.12. The molecule has 24 heavy (non-hydrogen) atoms. The Morgan fingerprint density at radius 2 is 1.92 bits per heavy atom. The minimum atomic E-state index is -0.164. The number of rotatable bonds is 2. The number of hydrogen-bond acceptors (Lipinski definition) is 3. The van der Waals surface area contributed by atoms with E-state index in [0.29, 0.717) is 23.7 Å². The first-order chi connectivity index (χ1) is 11.4. The lowest BCUT2D eigenvalue weighted by atomic mass is 9.53. The van der Waals surface area contributed by atoms with Gasteiger partial charge in [0.15, 0.2) is 0 Å². The quantitative estimate of drug-likeness (QED) is 0.431. The molecule has 0 amide bonds. The van der Waals surface area contributed by atoms with Gasteiger partial charge in [-0.15, -0.1) is 0 Å². The molecule has 0 aromatic heterocycles. The first-order valence-corrected chi connectivity index (χ1v) is 9.63. The van der Waals surface area contributed by atoms with Crippen molar-refractivity contribution in [2.45, 2.75) is 71.7 Å². The van der Waals surface area contributed by atoms with Gasteiger partial charge in [-0.1, -0.05) is 37.1 Å². The highest BCUT2D eigenvalue weighted by molar-refractivity contribution is 5.66. The highest BCUT2D eigenvalue weighted by Crippen LogP contribution is 2.59. The molecule has 2 fully saturated rings. The average molecular weight is 330 g/mol. The molecular weight excluding hydrogens is 300 g/mol. The van der Waals surface area contributed by atoms with Crippen LogP contribution in [0.2, 0.25) is 0 Å². The van der Waals surface area contributed by atoms with Crippen molar-refractivity contribution in [2.75, 3.05) is 0 Å².